The summed E-state index contributed by atoms with van der Waals surface area (Å²) in [6.45, 7) is 4.89. The van der Waals surface area contributed by atoms with Gasteiger partial charge in [0, 0.05) is 12.8 Å². The SMILES string of the molecule is CCCCCCCCCCC/C=C/C(O)C(CO)NC(=O)CCCCCCCCC/C=C\C/C=C\CCCCCCCCCCCOC(=O)CCCCCCCCCCCCCCCC. The number of aliphatic hydroxyl groups excluding tert-OH is 2. The number of amides is 1. The van der Waals surface area contributed by atoms with E-state index in [1.165, 1.54) is 218 Å². The second-order valence-electron chi connectivity index (χ2n) is 19.6. The first-order valence-electron chi connectivity index (χ1n) is 28.8. The zero-order chi connectivity index (χ0) is 47.2. The van der Waals surface area contributed by atoms with Crippen LogP contribution in [0.3, 0.4) is 0 Å². The van der Waals surface area contributed by atoms with E-state index in [9.17, 15) is 19.8 Å². The number of esters is 1. The Bertz CT molecular complexity index is 1060. The topological polar surface area (TPSA) is 95.9 Å². The molecule has 6 heteroatoms. The summed E-state index contributed by atoms with van der Waals surface area (Å²) in [5, 5.41) is 23.0. The first-order chi connectivity index (χ1) is 32.0. The molecule has 6 nitrogen and oxygen atoms in total. The number of rotatable bonds is 53. The van der Waals surface area contributed by atoms with Gasteiger partial charge in [-0.05, 0) is 64.2 Å². The van der Waals surface area contributed by atoms with Crippen LogP contribution in [0, 0.1) is 0 Å². The molecule has 0 aliphatic carbocycles. The minimum atomic E-state index is -0.849. The van der Waals surface area contributed by atoms with E-state index >= 15 is 0 Å². The van der Waals surface area contributed by atoms with Gasteiger partial charge in [-0.3, -0.25) is 9.59 Å². The predicted molar refractivity (Wildman–Crippen MR) is 283 cm³/mol. The molecule has 2 unspecified atom stereocenters. The number of hydrogen-bond acceptors (Lipinski definition) is 5. The van der Waals surface area contributed by atoms with E-state index in [0.717, 1.165) is 57.8 Å². The van der Waals surface area contributed by atoms with Crippen LogP contribution < -0.4 is 5.32 Å². The van der Waals surface area contributed by atoms with Crippen LogP contribution in [0.15, 0.2) is 36.5 Å². The fourth-order valence-electron chi connectivity index (χ4n) is 8.72. The Balaban J connectivity index is 3.45. The Hall–Kier alpha value is -1.92. The summed E-state index contributed by atoms with van der Waals surface area (Å²) in [4.78, 5) is 24.4. The van der Waals surface area contributed by atoms with E-state index in [0.29, 0.717) is 19.4 Å². The molecule has 0 aromatic rings. The Labute approximate surface area is 404 Å². The van der Waals surface area contributed by atoms with Crippen LogP contribution in [-0.2, 0) is 14.3 Å². The second kappa shape index (κ2) is 54.7. The molecule has 0 fully saturated rings. The van der Waals surface area contributed by atoms with Crippen molar-refractivity contribution in [2.75, 3.05) is 13.2 Å². The normalized spacial score (nSPS) is 12.9. The van der Waals surface area contributed by atoms with Gasteiger partial charge < -0.3 is 20.3 Å². The Kier molecular flexibility index (Phi) is 53.1. The fraction of sp³-hybridized carbons (Fsp3) is 0.864. The molecule has 0 aromatic heterocycles. The number of unbranched alkanes of at least 4 members (excludes halogenated alkanes) is 38. The number of aliphatic hydroxyl groups is 2. The number of carbonyl (C=O) groups is 2. The van der Waals surface area contributed by atoms with Crippen LogP contribution >= 0.6 is 0 Å². The van der Waals surface area contributed by atoms with Crippen molar-refractivity contribution in [3.05, 3.63) is 36.5 Å². The monoisotopic (exact) mass is 914 g/mol. The van der Waals surface area contributed by atoms with E-state index in [2.05, 4.69) is 43.5 Å². The van der Waals surface area contributed by atoms with Gasteiger partial charge in [-0.15, -0.1) is 0 Å². The van der Waals surface area contributed by atoms with Crippen LogP contribution in [0.5, 0.6) is 0 Å². The molecule has 382 valence electrons. The van der Waals surface area contributed by atoms with Crippen molar-refractivity contribution >= 4 is 11.9 Å². The van der Waals surface area contributed by atoms with Crippen molar-refractivity contribution in [3.8, 4) is 0 Å². The van der Waals surface area contributed by atoms with E-state index in [1.807, 2.05) is 6.08 Å². The Morgan fingerprint density at radius 3 is 1.17 bits per heavy atom. The van der Waals surface area contributed by atoms with Crippen molar-refractivity contribution in [1.82, 2.24) is 5.32 Å². The Morgan fingerprint density at radius 1 is 0.431 bits per heavy atom. The van der Waals surface area contributed by atoms with Gasteiger partial charge in [0.2, 0.25) is 5.91 Å². The van der Waals surface area contributed by atoms with Gasteiger partial charge in [0.05, 0.1) is 25.4 Å². The van der Waals surface area contributed by atoms with E-state index < -0.39 is 12.1 Å². The van der Waals surface area contributed by atoms with E-state index in [-0.39, 0.29) is 18.5 Å². The lowest BCUT2D eigenvalue weighted by Crippen LogP contribution is -2.45. The largest absolute Gasteiger partial charge is 0.466 e. The highest BCUT2D eigenvalue weighted by Gasteiger charge is 2.18. The van der Waals surface area contributed by atoms with Crippen LogP contribution in [-0.4, -0.2) is 47.4 Å². The molecule has 0 bridgehead atoms. The third kappa shape index (κ3) is 51.3. The van der Waals surface area contributed by atoms with Gasteiger partial charge in [0.25, 0.3) is 0 Å². The van der Waals surface area contributed by atoms with Gasteiger partial charge in [0.1, 0.15) is 0 Å². The molecule has 0 saturated heterocycles. The molecule has 1 amide bonds. The van der Waals surface area contributed by atoms with E-state index in [1.54, 1.807) is 6.08 Å². The van der Waals surface area contributed by atoms with Gasteiger partial charge in [-0.25, -0.2) is 0 Å². The lowest BCUT2D eigenvalue weighted by atomic mass is 10.0. The number of ether oxygens (including phenoxy) is 1. The third-order valence-corrected chi connectivity index (χ3v) is 13.2. The molecular formula is C59H111NO5. The molecule has 0 aliphatic rings. The average Bonchev–Trinajstić information content (AvgIpc) is 3.31. The zero-order valence-electron chi connectivity index (χ0n) is 43.5. The van der Waals surface area contributed by atoms with Crippen LogP contribution in [0.2, 0.25) is 0 Å². The first kappa shape index (κ1) is 63.1. The quantitative estimate of drug-likeness (QED) is 0.0321. The van der Waals surface area contributed by atoms with Gasteiger partial charge >= 0.3 is 5.97 Å². The average molecular weight is 915 g/mol. The molecule has 65 heavy (non-hydrogen) atoms. The molecule has 0 radical (unpaired) electrons. The maximum atomic E-state index is 12.4. The summed E-state index contributed by atoms with van der Waals surface area (Å²) >= 11 is 0. The fourth-order valence-corrected chi connectivity index (χ4v) is 8.72. The number of carbonyl (C=O) groups excluding carboxylic acids is 2. The van der Waals surface area contributed by atoms with Crippen LogP contribution in [0.25, 0.3) is 0 Å². The third-order valence-electron chi connectivity index (χ3n) is 13.2. The second-order valence-corrected chi connectivity index (χ2v) is 19.6. The predicted octanol–water partition coefficient (Wildman–Crippen LogP) is 17.6. The lowest BCUT2D eigenvalue weighted by molar-refractivity contribution is -0.143. The summed E-state index contributed by atoms with van der Waals surface area (Å²) in [5.74, 6) is -0.0714. The summed E-state index contributed by atoms with van der Waals surface area (Å²) in [6, 6.07) is -0.634. The van der Waals surface area contributed by atoms with E-state index in [4.69, 9.17) is 4.74 Å². The zero-order valence-corrected chi connectivity index (χ0v) is 43.5. The first-order valence-corrected chi connectivity index (χ1v) is 28.8. The standard InChI is InChI=1S/C59H111NO5/c1-3-5-7-9-11-13-15-16-29-33-37-41-45-49-53-59(64)65-54-50-46-42-38-34-30-27-25-23-21-19-17-18-20-22-24-26-28-32-36-40-44-48-52-58(63)60-56(55-61)57(62)51-47-43-39-35-31-14-12-10-8-6-4-2/h17,19-20,22,47,51,56-57,61-62H,3-16,18,21,23-46,48-50,52-55H2,1-2H3,(H,60,63)/b19-17-,22-20-,51-47+. The van der Waals surface area contributed by atoms with Crippen molar-refractivity contribution in [1.29, 1.82) is 0 Å². The molecule has 0 spiro atoms. The van der Waals surface area contributed by atoms with Crippen LogP contribution in [0.4, 0.5) is 0 Å². The smallest absolute Gasteiger partial charge is 0.305 e. The highest BCUT2D eigenvalue weighted by Crippen LogP contribution is 2.16. The summed E-state index contributed by atoms with van der Waals surface area (Å²) in [7, 11) is 0. The summed E-state index contributed by atoms with van der Waals surface area (Å²) in [6.07, 6.45) is 67.4. The van der Waals surface area contributed by atoms with Gasteiger partial charge in [-0.2, -0.15) is 0 Å². The minimum Gasteiger partial charge on any atom is -0.466 e. The minimum absolute atomic E-state index is 0.00839. The molecule has 0 heterocycles. The molecule has 0 aromatic carbocycles. The number of allylic oxidation sites excluding steroid dienone is 5. The highest BCUT2D eigenvalue weighted by molar-refractivity contribution is 5.76. The van der Waals surface area contributed by atoms with Gasteiger partial charge in [0.15, 0.2) is 0 Å². The maximum absolute atomic E-state index is 12.4. The van der Waals surface area contributed by atoms with Crippen LogP contribution in [0.1, 0.15) is 303 Å². The molecule has 0 rings (SSSR count). The Morgan fingerprint density at radius 2 is 0.769 bits per heavy atom. The van der Waals surface area contributed by atoms with Crippen molar-refractivity contribution in [2.45, 2.75) is 315 Å². The maximum Gasteiger partial charge on any atom is 0.305 e. The van der Waals surface area contributed by atoms with Crippen molar-refractivity contribution < 1.29 is 24.5 Å². The number of nitrogens with one attached hydrogen (secondary N) is 1. The summed E-state index contributed by atoms with van der Waals surface area (Å²) in [5.41, 5.74) is 0. The molecule has 2 atom stereocenters. The summed E-state index contributed by atoms with van der Waals surface area (Å²) < 4.78 is 5.47. The molecule has 3 N–H and O–H groups in total. The molecule has 0 aliphatic heterocycles. The molecular weight excluding hydrogens is 803 g/mol. The van der Waals surface area contributed by atoms with Crippen molar-refractivity contribution in [3.63, 3.8) is 0 Å². The number of hydrogen-bond donors (Lipinski definition) is 3. The lowest BCUT2D eigenvalue weighted by Gasteiger charge is -2.20. The highest BCUT2D eigenvalue weighted by atomic mass is 16.5. The molecule has 0 saturated carbocycles. The van der Waals surface area contributed by atoms with Crippen molar-refractivity contribution in [2.24, 2.45) is 0 Å². The van der Waals surface area contributed by atoms with Gasteiger partial charge in [-0.1, -0.05) is 262 Å².